The van der Waals surface area contributed by atoms with Crippen molar-refractivity contribution in [3.8, 4) is 11.5 Å². The Hall–Kier alpha value is -2.06. The number of hydrogen-bond donors (Lipinski definition) is 1. The van der Waals surface area contributed by atoms with Crippen molar-refractivity contribution in [2.75, 3.05) is 20.3 Å². The van der Waals surface area contributed by atoms with Gasteiger partial charge in [0.2, 0.25) is 0 Å². The minimum Gasteiger partial charge on any atom is -0.493 e. The van der Waals surface area contributed by atoms with Crippen LogP contribution < -0.4 is 9.47 Å². The van der Waals surface area contributed by atoms with Crippen molar-refractivity contribution in [3.63, 3.8) is 0 Å². The lowest BCUT2D eigenvalue weighted by molar-refractivity contribution is -0.137. The molecule has 0 bridgehead atoms. The summed E-state index contributed by atoms with van der Waals surface area (Å²) in [5.41, 5.74) is 0.848. The Balaban J connectivity index is 1.89. The van der Waals surface area contributed by atoms with Gasteiger partial charge in [0.25, 0.3) is 5.91 Å². The lowest BCUT2D eigenvalue weighted by atomic mass is 10.1. The van der Waals surface area contributed by atoms with Crippen LogP contribution in [0.3, 0.4) is 0 Å². The Bertz CT molecular complexity index is 840. The second-order valence-corrected chi connectivity index (χ2v) is 9.74. The highest BCUT2D eigenvalue weighted by Gasteiger charge is 2.31. The van der Waals surface area contributed by atoms with E-state index in [1.165, 1.54) is 43.9 Å². The molecule has 1 fully saturated rings. The van der Waals surface area contributed by atoms with Crippen LogP contribution in [-0.2, 0) is 9.59 Å². The lowest BCUT2D eigenvalue weighted by Gasteiger charge is -2.14. The van der Waals surface area contributed by atoms with E-state index in [1.54, 1.807) is 12.0 Å². The van der Waals surface area contributed by atoms with Crippen LogP contribution in [0.4, 0.5) is 0 Å². The number of benzene rings is 1. The van der Waals surface area contributed by atoms with Crippen molar-refractivity contribution < 1.29 is 24.2 Å². The molecule has 0 spiro atoms. The van der Waals surface area contributed by atoms with E-state index in [-0.39, 0.29) is 12.3 Å². The second kappa shape index (κ2) is 15.0. The Kier molecular flexibility index (Phi) is 12.3. The molecule has 1 amide bonds. The van der Waals surface area contributed by atoms with Crippen LogP contribution in [0, 0.1) is 0 Å². The van der Waals surface area contributed by atoms with Gasteiger partial charge in [0, 0.05) is 13.0 Å². The van der Waals surface area contributed by atoms with Gasteiger partial charge in [0.15, 0.2) is 11.5 Å². The summed E-state index contributed by atoms with van der Waals surface area (Å²) in [5.74, 6) is 0.448. The molecule has 2 rings (SSSR count). The van der Waals surface area contributed by atoms with E-state index in [0.717, 1.165) is 24.8 Å². The van der Waals surface area contributed by atoms with E-state index >= 15 is 0 Å². The summed E-state index contributed by atoms with van der Waals surface area (Å²) in [7, 11) is 1.61. The molecule has 6 nitrogen and oxygen atoms in total. The summed E-state index contributed by atoms with van der Waals surface area (Å²) in [4.78, 5) is 25.6. The SMILES string of the molecule is CCCCCCCCOc1ccc(C=C2SC(=S)N(CCCCCC(=O)O)C2=O)cc1OC. The third-order valence-corrected chi connectivity index (χ3v) is 6.76. The average Bonchev–Trinajstić information content (AvgIpc) is 3.05. The molecule has 1 aliphatic heterocycles. The molecule has 8 heteroatoms. The normalized spacial score (nSPS) is 14.8. The number of ether oxygens (including phenoxy) is 2. The topological polar surface area (TPSA) is 76.1 Å². The highest BCUT2D eigenvalue weighted by molar-refractivity contribution is 8.26. The monoisotopic (exact) mass is 493 g/mol. The summed E-state index contributed by atoms with van der Waals surface area (Å²) in [6.07, 6.45) is 11.3. The Morgan fingerprint density at radius 2 is 1.82 bits per heavy atom. The molecular formula is C25H35NO5S2. The lowest BCUT2D eigenvalue weighted by Crippen LogP contribution is -2.29. The maximum absolute atomic E-state index is 12.8. The Morgan fingerprint density at radius 1 is 1.09 bits per heavy atom. The number of rotatable bonds is 16. The molecule has 1 N–H and O–H groups in total. The van der Waals surface area contributed by atoms with Crippen molar-refractivity contribution in [2.24, 2.45) is 0 Å². The first-order chi connectivity index (χ1) is 16.0. The van der Waals surface area contributed by atoms with Gasteiger partial charge in [-0.25, -0.2) is 0 Å². The maximum atomic E-state index is 12.8. The third-order valence-electron chi connectivity index (χ3n) is 5.39. The predicted octanol–water partition coefficient (Wildman–Crippen LogP) is 6.28. The number of aliphatic carboxylic acids is 1. The number of carbonyl (C=O) groups excluding carboxylic acids is 1. The van der Waals surface area contributed by atoms with Crippen molar-refractivity contribution in [1.29, 1.82) is 0 Å². The number of thioether (sulfide) groups is 1. The van der Waals surface area contributed by atoms with E-state index in [9.17, 15) is 9.59 Å². The number of carbonyl (C=O) groups is 2. The number of carboxylic acid groups (broad SMARTS) is 1. The highest BCUT2D eigenvalue weighted by atomic mass is 32.2. The molecule has 0 unspecified atom stereocenters. The van der Waals surface area contributed by atoms with E-state index < -0.39 is 5.97 Å². The van der Waals surface area contributed by atoms with Gasteiger partial charge >= 0.3 is 5.97 Å². The molecule has 1 aliphatic rings. The van der Waals surface area contributed by atoms with Gasteiger partial charge in [-0.15, -0.1) is 0 Å². The first-order valence-corrected chi connectivity index (χ1v) is 13.0. The van der Waals surface area contributed by atoms with Gasteiger partial charge in [-0.2, -0.15) is 0 Å². The van der Waals surface area contributed by atoms with Gasteiger partial charge in [-0.05, 0) is 43.0 Å². The summed E-state index contributed by atoms with van der Waals surface area (Å²) in [5, 5.41) is 8.72. The zero-order valence-electron chi connectivity index (χ0n) is 19.6. The van der Waals surface area contributed by atoms with Crippen LogP contribution in [-0.4, -0.2) is 46.5 Å². The third kappa shape index (κ3) is 9.37. The Morgan fingerprint density at radius 3 is 2.55 bits per heavy atom. The van der Waals surface area contributed by atoms with Crippen molar-refractivity contribution >= 4 is 46.3 Å². The minimum atomic E-state index is -0.794. The molecule has 33 heavy (non-hydrogen) atoms. The molecule has 182 valence electrons. The molecule has 0 aromatic heterocycles. The van der Waals surface area contributed by atoms with E-state index in [4.69, 9.17) is 26.8 Å². The van der Waals surface area contributed by atoms with Gasteiger partial charge in [-0.3, -0.25) is 14.5 Å². The van der Waals surface area contributed by atoms with Crippen LogP contribution >= 0.6 is 24.0 Å². The first-order valence-electron chi connectivity index (χ1n) is 11.7. The van der Waals surface area contributed by atoms with Gasteiger partial charge < -0.3 is 14.6 Å². The van der Waals surface area contributed by atoms with Crippen LogP contribution in [0.1, 0.15) is 76.7 Å². The number of hydrogen-bond acceptors (Lipinski definition) is 6. The summed E-state index contributed by atoms with van der Waals surface area (Å²) in [6.45, 7) is 3.39. The van der Waals surface area contributed by atoms with Crippen molar-refractivity contribution in [2.45, 2.75) is 71.1 Å². The van der Waals surface area contributed by atoms with Crippen LogP contribution in [0.2, 0.25) is 0 Å². The number of carboxylic acids is 1. The van der Waals surface area contributed by atoms with Crippen LogP contribution in [0.5, 0.6) is 11.5 Å². The molecule has 1 saturated heterocycles. The number of methoxy groups -OCH3 is 1. The van der Waals surface area contributed by atoms with Gasteiger partial charge in [0.05, 0.1) is 18.6 Å². The average molecular weight is 494 g/mol. The number of thiocarbonyl (C=S) groups is 1. The number of unbranched alkanes of at least 4 members (excludes halogenated alkanes) is 7. The smallest absolute Gasteiger partial charge is 0.303 e. The fraction of sp³-hybridized carbons (Fsp3) is 0.560. The Labute approximate surface area is 206 Å². The fourth-order valence-electron chi connectivity index (χ4n) is 3.52. The zero-order valence-corrected chi connectivity index (χ0v) is 21.3. The van der Waals surface area contributed by atoms with Crippen molar-refractivity contribution in [1.82, 2.24) is 4.90 Å². The molecule has 1 aromatic carbocycles. The molecule has 1 aromatic rings. The van der Waals surface area contributed by atoms with E-state index in [2.05, 4.69) is 6.92 Å². The molecule has 0 atom stereocenters. The molecule has 0 aliphatic carbocycles. The highest BCUT2D eigenvalue weighted by Crippen LogP contribution is 2.35. The quantitative estimate of drug-likeness (QED) is 0.165. The predicted molar refractivity (Wildman–Crippen MR) is 138 cm³/mol. The largest absolute Gasteiger partial charge is 0.493 e. The maximum Gasteiger partial charge on any atom is 0.303 e. The molecular weight excluding hydrogens is 458 g/mol. The van der Waals surface area contributed by atoms with Gasteiger partial charge in [0.1, 0.15) is 4.32 Å². The van der Waals surface area contributed by atoms with Crippen LogP contribution in [0.25, 0.3) is 6.08 Å². The number of amides is 1. The number of nitrogens with zero attached hydrogens (tertiary/aromatic N) is 1. The van der Waals surface area contributed by atoms with Crippen molar-refractivity contribution in [3.05, 3.63) is 28.7 Å². The van der Waals surface area contributed by atoms with E-state index in [1.807, 2.05) is 24.3 Å². The second-order valence-electron chi connectivity index (χ2n) is 8.06. The minimum absolute atomic E-state index is 0.106. The van der Waals surface area contributed by atoms with Gasteiger partial charge in [-0.1, -0.05) is 75.5 Å². The van der Waals surface area contributed by atoms with Crippen LogP contribution in [0.15, 0.2) is 23.1 Å². The summed E-state index contributed by atoms with van der Waals surface area (Å²) >= 11 is 6.67. The molecule has 0 radical (unpaired) electrons. The fourth-order valence-corrected chi connectivity index (χ4v) is 4.83. The standard InChI is InChI=1S/C25H35NO5S2/c1-3-4-5-6-7-11-16-31-20-14-13-19(17-21(20)30-2)18-22-24(29)26(25(32)33-22)15-10-8-9-12-23(27)28/h13-14,17-18H,3-12,15-16H2,1-2H3,(H,27,28). The zero-order chi connectivity index (χ0) is 24.1. The summed E-state index contributed by atoms with van der Waals surface area (Å²) < 4.78 is 11.9. The first kappa shape index (κ1) is 27.2. The molecule has 0 saturated carbocycles. The van der Waals surface area contributed by atoms with E-state index in [0.29, 0.717) is 40.3 Å². The summed E-state index contributed by atoms with van der Waals surface area (Å²) in [6, 6.07) is 5.66. The molecule has 1 heterocycles.